The van der Waals surface area contributed by atoms with E-state index < -0.39 is 11.6 Å². The van der Waals surface area contributed by atoms with E-state index in [9.17, 15) is 8.78 Å². The summed E-state index contributed by atoms with van der Waals surface area (Å²) < 4.78 is 27.2. The van der Waals surface area contributed by atoms with Gasteiger partial charge in [0.1, 0.15) is 11.6 Å². The molecule has 1 aliphatic carbocycles. The quantitative estimate of drug-likeness (QED) is 0.812. The molecule has 1 saturated heterocycles. The largest absolute Gasteiger partial charge is 0.307 e. The lowest BCUT2D eigenvalue weighted by Crippen LogP contribution is -2.50. The van der Waals surface area contributed by atoms with Crippen molar-refractivity contribution in [3.8, 4) is 0 Å². The van der Waals surface area contributed by atoms with Gasteiger partial charge in [-0.15, -0.1) is 0 Å². The summed E-state index contributed by atoms with van der Waals surface area (Å²) in [5.41, 5.74) is 0.352. The van der Waals surface area contributed by atoms with Crippen molar-refractivity contribution in [3.05, 3.63) is 35.4 Å². The first kappa shape index (κ1) is 16.8. The van der Waals surface area contributed by atoms with Crippen LogP contribution in [-0.4, -0.2) is 56.1 Å². The topological polar surface area (TPSA) is 18.5 Å². The summed E-state index contributed by atoms with van der Waals surface area (Å²) in [6.07, 6.45) is 4.03. The Kier molecular flexibility index (Phi) is 5.29. The molecule has 3 rings (SSSR count). The molecule has 0 unspecified atom stereocenters. The van der Waals surface area contributed by atoms with Gasteiger partial charge in [-0.25, -0.2) is 8.78 Å². The van der Waals surface area contributed by atoms with Crippen molar-refractivity contribution in [1.82, 2.24) is 15.1 Å². The smallest absolute Gasteiger partial charge is 0.131 e. The molecule has 0 amide bonds. The van der Waals surface area contributed by atoms with E-state index in [1.165, 1.54) is 6.07 Å². The summed E-state index contributed by atoms with van der Waals surface area (Å²) >= 11 is 0. The highest BCUT2D eigenvalue weighted by Gasteiger charge is 2.40. The van der Waals surface area contributed by atoms with Crippen LogP contribution in [0.4, 0.5) is 8.78 Å². The second-order valence-electron chi connectivity index (χ2n) is 6.99. The highest BCUT2D eigenvalue weighted by Crippen LogP contribution is 2.42. The zero-order valence-electron chi connectivity index (χ0n) is 14.0. The summed E-state index contributed by atoms with van der Waals surface area (Å²) in [5, 5.41) is 3.56. The number of rotatable bonds is 6. The molecule has 0 atom stereocenters. The van der Waals surface area contributed by atoms with Gasteiger partial charge < -0.3 is 15.1 Å². The lowest BCUT2D eigenvalue weighted by molar-refractivity contribution is 0.144. The Balaban J connectivity index is 1.49. The fraction of sp³-hybridized carbons (Fsp3) is 0.667. The standard InChI is InChI=1S/C18H27F2N3/c1-22-10-12-23(13-11-22)9-3-8-21-18(6-2-7-18)16-5-4-15(19)14-17(16)20/h4-5,14,21H,2-3,6-13H2,1H3. The Hall–Kier alpha value is -1.04. The number of halogens is 2. The minimum Gasteiger partial charge on any atom is -0.307 e. The Bertz CT molecular complexity index is 523. The molecule has 128 valence electrons. The van der Waals surface area contributed by atoms with Crippen molar-refractivity contribution in [1.29, 1.82) is 0 Å². The van der Waals surface area contributed by atoms with Crippen LogP contribution in [0.2, 0.25) is 0 Å². The lowest BCUT2D eigenvalue weighted by Gasteiger charge is -2.44. The van der Waals surface area contributed by atoms with Gasteiger partial charge in [-0.2, -0.15) is 0 Å². The summed E-state index contributed by atoms with van der Waals surface area (Å²) in [7, 11) is 2.16. The molecule has 1 heterocycles. The van der Waals surface area contributed by atoms with E-state index in [4.69, 9.17) is 0 Å². The summed E-state index contributed by atoms with van der Waals surface area (Å²) in [6.45, 7) is 6.50. The molecule has 0 radical (unpaired) electrons. The minimum absolute atomic E-state index is 0.278. The first-order valence-corrected chi connectivity index (χ1v) is 8.71. The van der Waals surface area contributed by atoms with E-state index >= 15 is 0 Å². The molecule has 1 aliphatic heterocycles. The number of nitrogens with one attached hydrogen (secondary N) is 1. The summed E-state index contributed by atoms with van der Waals surface area (Å²) in [6, 6.07) is 3.98. The van der Waals surface area contributed by atoms with Gasteiger partial charge in [-0.1, -0.05) is 6.07 Å². The van der Waals surface area contributed by atoms with Gasteiger partial charge in [0.15, 0.2) is 0 Å². The van der Waals surface area contributed by atoms with Crippen LogP contribution in [0, 0.1) is 11.6 Å². The third-order valence-corrected chi connectivity index (χ3v) is 5.36. The molecule has 0 bridgehead atoms. The van der Waals surface area contributed by atoms with Crippen LogP contribution in [0.1, 0.15) is 31.2 Å². The highest BCUT2D eigenvalue weighted by atomic mass is 19.1. The third kappa shape index (κ3) is 3.90. The number of hydrogen-bond donors (Lipinski definition) is 1. The maximum atomic E-state index is 14.1. The van der Waals surface area contributed by atoms with Crippen molar-refractivity contribution < 1.29 is 8.78 Å². The maximum absolute atomic E-state index is 14.1. The second-order valence-corrected chi connectivity index (χ2v) is 6.99. The van der Waals surface area contributed by atoms with Gasteiger partial charge in [0.2, 0.25) is 0 Å². The van der Waals surface area contributed by atoms with Crippen LogP contribution >= 0.6 is 0 Å². The van der Waals surface area contributed by atoms with Gasteiger partial charge in [-0.05, 0) is 51.9 Å². The molecule has 1 saturated carbocycles. The van der Waals surface area contributed by atoms with Crippen molar-refractivity contribution >= 4 is 0 Å². The summed E-state index contributed by atoms with van der Waals surface area (Å²) in [5.74, 6) is -0.924. The predicted octanol–water partition coefficient (Wildman–Crippen LogP) is 2.57. The average molecular weight is 323 g/mol. The molecule has 0 spiro atoms. The van der Waals surface area contributed by atoms with E-state index in [0.29, 0.717) is 5.56 Å². The summed E-state index contributed by atoms with van der Waals surface area (Å²) in [4.78, 5) is 4.85. The Labute approximate surface area is 137 Å². The van der Waals surface area contributed by atoms with E-state index in [1.54, 1.807) is 6.07 Å². The van der Waals surface area contributed by atoms with E-state index in [2.05, 4.69) is 22.2 Å². The third-order valence-electron chi connectivity index (χ3n) is 5.36. The molecular formula is C18H27F2N3. The number of benzene rings is 1. The van der Waals surface area contributed by atoms with Crippen LogP contribution in [0.15, 0.2) is 18.2 Å². The van der Waals surface area contributed by atoms with Gasteiger partial charge in [-0.3, -0.25) is 0 Å². The highest BCUT2D eigenvalue weighted by molar-refractivity contribution is 5.29. The fourth-order valence-corrected chi connectivity index (χ4v) is 3.65. The predicted molar refractivity (Wildman–Crippen MR) is 88.4 cm³/mol. The fourth-order valence-electron chi connectivity index (χ4n) is 3.65. The maximum Gasteiger partial charge on any atom is 0.131 e. The van der Waals surface area contributed by atoms with Crippen LogP contribution in [0.25, 0.3) is 0 Å². The molecule has 3 nitrogen and oxygen atoms in total. The van der Waals surface area contributed by atoms with Gasteiger partial charge in [0, 0.05) is 43.3 Å². The molecule has 1 aromatic rings. The average Bonchev–Trinajstić information content (AvgIpc) is 2.49. The first-order chi connectivity index (χ1) is 11.1. The minimum atomic E-state index is -0.504. The number of hydrogen-bond acceptors (Lipinski definition) is 3. The van der Waals surface area contributed by atoms with Crippen molar-refractivity contribution in [3.63, 3.8) is 0 Å². The molecular weight excluding hydrogens is 296 g/mol. The SMILES string of the molecule is CN1CCN(CCCNC2(c3ccc(F)cc3F)CCC2)CC1. The number of likely N-dealkylation sites (N-methyl/N-ethyl adjacent to an activating group) is 1. The Morgan fingerprint density at radius 2 is 1.87 bits per heavy atom. The normalized spacial score (nSPS) is 22.0. The van der Waals surface area contributed by atoms with Crippen LogP contribution in [0.5, 0.6) is 0 Å². The zero-order valence-corrected chi connectivity index (χ0v) is 14.0. The number of nitrogens with zero attached hydrogens (tertiary/aromatic N) is 2. The Morgan fingerprint density at radius 1 is 1.13 bits per heavy atom. The molecule has 2 fully saturated rings. The van der Waals surface area contributed by atoms with Crippen molar-refractivity contribution in [2.45, 2.75) is 31.2 Å². The number of piperazine rings is 1. The molecule has 23 heavy (non-hydrogen) atoms. The van der Waals surface area contributed by atoms with E-state index in [0.717, 1.165) is 71.0 Å². The van der Waals surface area contributed by atoms with Crippen LogP contribution < -0.4 is 5.32 Å². The molecule has 1 aromatic carbocycles. The van der Waals surface area contributed by atoms with Gasteiger partial charge in [0.05, 0.1) is 0 Å². The van der Waals surface area contributed by atoms with E-state index in [-0.39, 0.29) is 5.54 Å². The van der Waals surface area contributed by atoms with Crippen LogP contribution in [-0.2, 0) is 5.54 Å². The van der Waals surface area contributed by atoms with Crippen LogP contribution in [0.3, 0.4) is 0 Å². The van der Waals surface area contributed by atoms with Crippen molar-refractivity contribution in [2.24, 2.45) is 0 Å². The molecule has 0 aromatic heterocycles. The molecule has 1 N–H and O–H groups in total. The lowest BCUT2D eigenvalue weighted by atomic mass is 9.71. The first-order valence-electron chi connectivity index (χ1n) is 8.71. The molecule has 5 heteroatoms. The monoisotopic (exact) mass is 323 g/mol. The van der Waals surface area contributed by atoms with E-state index in [1.807, 2.05) is 0 Å². The Morgan fingerprint density at radius 3 is 2.48 bits per heavy atom. The molecule has 2 aliphatic rings. The van der Waals surface area contributed by atoms with Gasteiger partial charge >= 0.3 is 0 Å². The second kappa shape index (κ2) is 7.24. The van der Waals surface area contributed by atoms with Crippen molar-refractivity contribution in [2.75, 3.05) is 46.3 Å². The van der Waals surface area contributed by atoms with Gasteiger partial charge in [0.25, 0.3) is 0 Å². The zero-order chi connectivity index (χ0) is 16.3.